The summed E-state index contributed by atoms with van der Waals surface area (Å²) in [6.07, 6.45) is -1.05. The zero-order valence-corrected chi connectivity index (χ0v) is 24.0. The van der Waals surface area contributed by atoms with Gasteiger partial charge in [-0.05, 0) is 49.4 Å². The lowest BCUT2D eigenvalue weighted by atomic mass is 9.99. The summed E-state index contributed by atoms with van der Waals surface area (Å²) < 4.78 is 5.55. The number of carboxylic acid groups (broad SMARTS) is 1. The van der Waals surface area contributed by atoms with Gasteiger partial charge in [-0.2, -0.15) is 0 Å². The molecule has 226 valence electrons. The molecule has 1 saturated heterocycles. The summed E-state index contributed by atoms with van der Waals surface area (Å²) in [5, 5.41) is 24.0. The smallest absolute Gasteiger partial charge is 0.410 e. The molecule has 43 heavy (non-hydrogen) atoms. The van der Waals surface area contributed by atoms with Gasteiger partial charge in [0.25, 0.3) is 5.91 Å². The quantitative estimate of drug-likeness (QED) is 0.295. The summed E-state index contributed by atoms with van der Waals surface area (Å²) in [4.78, 5) is 54.3. The number of nitrogens with zero attached hydrogens (tertiary/aromatic N) is 2. The topological polar surface area (TPSA) is 136 Å². The third kappa shape index (κ3) is 8.42. The number of likely N-dealkylation sites (tertiary alicyclic amines) is 1. The van der Waals surface area contributed by atoms with Gasteiger partial charge in [0.15, 0.2) is 0 Å². The molecule has 1 unspecified atom stereocenters. The lowest BCUT2D eigenvalue weighted by Gasteiger charge is -2.35. The summed E-state index contributed by atoms with van der Waals surface area (Å²) in [6.45, 7) is 1.33. The maximum absolute atomic E-state index is 13.5. The number of carbonyl (C=O) groups is 4. The maximum Gasteiger partial charge on any atom is 0.410 e. The summed E-state index contributed by atoms with van der Waals surface area (Å²) in [5.41, 5.74) is 1.99. The van der Waals surface area contributed by atoms with Gasteiger partial charge in [0, 0.05) is 12.1 Å². The summed E-state index contributed by atoms with van der Waals surface area (Å²) in [6, 6.07) is 23.9. The Labute approximate surface area is 250 Å². The van der Waals surface area contributed by atoms with E-state index in [-0.39, 0.29) is 26.1 Å². The number of ether oxygens (including phenoxy) is 1. The number of carbonyl (C=O) groups excluding carboxylic acids is 3. The summed E-state index contributed by atoms with van der Waals surface area (Å²) >= 11 is 0. The number of aliphatic carboxylic acids is 1. The van der Waals surface area contributed by atoms with Crippen molar-refractivity contribution in [3.63, 3.8) is 0 Å². The van der Waals surface area contributed by atoms with E-state index in [2.05, 4.69) is 5.32 Å². The standard InChI is InChI=1S/C33H37N3O7/c1-23(31(39)35-19-11-18-28(35)32(40)41)36(33(42)43-22-25-14-7-3-8-15-25)21-29(37)27(20-24-12-5-2-6-13-24)34-30(38)26-16-9-4-10-17-26/h2-10,12-17,23,27-29,37H,11,18-22H2,1H3,(H,34,38)(H,40,41)/t23-,27-,28-,29?/m0/s1. The fourth-order valence-corrected chi connectivity index (χ4v) is 5.17. The van der Waals surface area contributed by atoms with E-state index in [9.17, 15) is 29.4 Å². The molecule has 0 aliphatic carbocycles. The second-order valence-corrected chi connectivity index (χ2v) is 10.6. The van der Waals surface area contributed by atoms with E-state index < -0.39 is 48.1 Å². The van der Waals surface area contributed by atoms with Crippen LogP contribution in [0.25, 0.3) is 0 Å². The Bertz CT molecular complexity index is 1370. The Hall–Kier alpha value is -4.70. The van der Waals surface area contributed by atoms with E-state index >= 15 is 0 Å². The van der Waals surface area contributed by atoms with E-state index in [1.165, 1.54) is 11.8 Å². The van der Waals surface area contributed by atoms with Gasteiger partial charge in [0.2, 0.25) is 5.91 Å². The van der Waals surface area contributed by atoms with Crippen LogP contribution in [0.1, 0.15) is 41.3 Å². The summed E-state index contributed by atoms with van der Waals surface area (Å²) in [7, 11) is 0. The summed E-state index contributed by atoms with van der Waals surface area (Å²) in [5.74, 6) is -2.06. The van der Waals surface area contributed by atoms with Crippen molar-refractivity contribution in [2.24, 2.45) is 0 Å². The number of benzene rings is 3. The molecule has 0 radical (unpaired) electrons. The van der Waals surface area contributed by atoms with Crippen molar-refractivity contribution in [3.8, 4) is 0 Å². The van der Waals surface area contributed by atoms with Crippen LogP contribution in [-0.4, -0.2) is 81.2 Å². The van der Waals surface area contributed by atoms with Crippen molar-refractivity contribution in [3.05, 3.63) is 108 Å². The van der Waals surface area contributed by atoms with Gasteiger partial charge in [-0.1, -0.05) is 78.9 Å². The van der Waals surface area contributed by atoms with Crippen molar-refractivity contribution in [2.45, 2.75) is 57.0 Å². The molecule has 1 heterocycles. The highest BCUT2D eigenvalue weighted by molar-refractivity contribution is 5.94. The molecule has 1 aliphatic heterocycles. The third-order valence-corrected chi connectivity index (χ3v) is 7.58. The monoisotopic (exact) mass is 587 g/mol. The number of rotatable bonds is 12. The van der Waals surface area contributed by atoms with Crippen LogP contribution in [0.3, 0.4) is 0 Å². The Morgan fingerprint density at radius 1 is 0.930 bits per heavy atom. The highest BCUT2D eigenvalue weighted by atomic mass is 16.6. The lowest BCUT2D eigenvalue weighted by Crippen LogP contribution is -2.56. The van der Waals surface area contributed by atoms with E-state index in [0.717, 1.165) is 16.0 Å². The SMILES string of the molecule is C[C@@H](C(=O)N1CCC[C@H]1C(=O)O)N(CC(O)[C@H](Cc1ccccc1)NC(=O)c1ccccc1)C(=O)OCc1ccccc1. The molecule has 0 spiro atoms. The van der Waals surface area contributed by atoms with Gasteiger partial charge < -0.3 is 25.2 Å². The van der Waals surface area contributed by atoms with Crippen molar-refractivity contribution in [1.29, 1.82) is 0 Å². The number of nitrogens with one attached hydrogen (secondary N) is 1. The van der Waals surface area contributed by atoms with Crippen molar-refractivity contribution >= 4 is 23.9 Å². The number of amides is 3. The van der Waals surface area contributed by atoms with Crippen LogP contribution in [0.2, 0.25) is 0 Å². The first-order valence-electron chi connectivity index (χ1n) is 14.3. The zero-order chi connectivity index (χ0) is 30.8. The second kappa shape index (κ2) is 15.0. The minimum atomic E-state index is -1.30. The van der Waals surface area contributed by atoms with Crippen LogP contribution in [0.15, 0.2) is 91.0 Å². The van der Waals surface area contributed by atoms with Crippen LogP contribution in [-0.2, 0) is 27.4 Å². The Morgan fingerprint density at radius 2 is 1.51 bits per heavy atom. The van der Waals surface area contributed by atoms with E-state index in [0.29, 0.717) is 18.4 Å². The number of hydrogen-bond donors (Lipinski definition) is 3. The molecule has 10 heteroatoms. The Morgan fingerprint density at radius 3 is 2.12 bits per heavy atom. The normalized spacial score (nSPS) is 16.5. The van der Waals surface area contributed by atoms with Crippen molar-refractivity contribution in [2.75, 3.05) is 13.1 Å². The molecule has 0 bridgehead atoms. The lowest BCUT2D eigenvalue weighted by molar-refractivity contribution is -0.150. The Kier molecular flexibility index (Phi) is 10.9. The second-order valence-electron chi connectivity index (χ2n) is 10.6. The van der Waals surface area contributed by atoms with Gasteiger partial charge in [0.05, 0.1) is 18.7 Å². The molecular weight excluding hydrogens is 550 g/mol. The van der Waals surface area contributed by atoms with E-state index in [1.54, 1.807) is 54.6 Å². The molecule has 4 atom stereocenters. The molecule has 3 aromatic carbocycles. The van der Waals surface area contributed by atoms with Gasteiger partial charge in [0.1, 0.15) is 18.7 Å². The average molecular weight is 588 g/mol. The fourth-order valence-electron chi connectivity index (χ4n) is 5.17. The largest absolute Gasteiger partial charge is 0.480 e. The highest BCUT2D eigenvalue weighted by Gasteiger charge is 2.40. The number of carboxylic acids is 1. The van der Waals surface area contributed by atoms with Crippen molar-refractivity contribution < 1.29 is 34.1 Å². The predicted molar refractivity (Wildman–Crippen MR) is 159 cm³/mol. The van der Waals surface area contributed by atoms with Crippen LogP contribution >= 0.6 is 0 Å². The van der Waals surface area contributed by atoms with Crippen LogP contribution in [0.5, 0.6) is 0 Å². The molecule has 3 aromatic rings. The van der Waals surface area contributed by atoms with Crippen LogP contribution in [0.4, 0.5) is 4.79 Å². The molecule has 0 aromatic heterocycles. The average Bonchev–Trinajstić information content (AvgIpc) is 3.53. The molecule has 3 N–H and O–H groups in total. The fraction of sp³-hybridized carbons (Fsp3) is 0.333. The first kappa shape index (κ1) is 31.2. The minimum absolute atomic E-state index is 0.0627. The van der Waals surface area contributed by atoms with Crippen LogP contribution in [0, 0.1) is 0 Å². The molecule has 1 aliphatic rings. The van der Waals surface area contributed by atoms with Crippen LogP contribution < -0.4 is 5.32 Å². The molecule has 0 saturated carbocycles. The number of hydrogen-bond acceptors (Lipinski definition) is 6. The molecular formula is C33H37N3O7. The van der Waals surface area contributed by atoms with Gasteiger partial charge in [-0.15, -0.1) is 0 Å². The van der Waals surface area contributed by atoms with E-state index in [4.69, 9.17) is 4.74 Å². The molecule has 1 fully saturated rings. The van der Waals surface area contributed by atoms with Gasteiger partial charge >= 0.3 is 12.1 Å². The third-order valence-electron chi connectivity index (χ3n) is 7.58. The highest BCUT2D eigenvalue weighted by Crippen LogP contribution is 2.21. The van der Waals surface area contributed by atoms with Gasteiger partial charge in [-0.3, -0.25) is 14.5 Å². The predicted octanol–water partition coefficient (Wildman–Crippen LogP) is 3.49. The van der Waals surface area contributed by atoms with Crippen molar-refractivity contribution in [1.82, 2.24) is 15.1 Å². The Balaban J connectivity index is 1.57. The maximum atomic E-state index is 13.5. The molecule has 10 nitrogen and oxygen atoms in total. The first-order valence-corrected chi connectivity index (χ1v) is 14.3. The number of aliphatic hydroxyl groups excluding tert-OH is 1. The first-order chi connectivity index (χ1) is 20.7. The van der Waals surface area contributed by atoms with Gasteiger partial charge in [-0.25, -0.2) is 9.59 Å². The zero-order valence-electron chi connectivity index (χ0n) is 24.0. The molecule has 3 amide bonds. The van der Waals surface area contributed by atoms with E-state index in [1.807, 2.05) is 36.4 Å². The number of aliphatic hydroxyl groups is 1. The minimum Gasteiger partial charge on any atom is -0.480 e. The molecule has 4 rings (SSSR count).